The van der Waals surface area contributed by atoms with Crippen LogP contribution in [0.4, 0.5) is 0 Å². The number of hydrogen-bond donors (Lipinski definition) is 1. The molecule has 1 saturated heterocycles. The van der Waals surface area contributed by atoms with Crippen molar-refractivity contribution in [2.24, 2.45) is 5.92 Å². The molecule has 1 unspecified atom stereocenters. The molecule has 1 aromatic carbocycles. The summed E-state index contributed by atoms with van der Waals surface area (Å²) in [5.74, 6) is 0.528. The van der Waals surface area contributed by atoms with Gasteiger partial charge in [-0.2, -0.15) is 0 Å². The Morgan fingerprint density at radius 2 is 2.28 bits per heavy atom. The summed E-state index contributed by atoms with van der Waals surface area (Å²) in [6, 6.07) is 10.3. The average Bonchev–Trinajstić information content (AvgIpc) is 2.93. The number of nitrogens with one attached hydrogen (secondary N) is 1. The number of carbonyl (C=O) groups excluding carboxylic acids is 1. The van der Waals surface area contributed by atoms with Gasteiger partial charge in [0.1, 0.15) is 0 Å². The van der Waals surface area contributed by atoms with Crippen molar-refractivity contribution in [2.75, 3.05) is 6.54 Å². The van der Waals surface area contributed by atoms with Crippen molar-refractivity contribution < 1.29 is 4.79 Å². The van der Waals surface area contributed by atoms with Gasteiger partial charge in [-0.15, -0.1) is 6.58 Å². The molecule has 3 rings (SSSR count). The van der Waals surface area contributed by atoms with E-state index in [0.29, 0.717) is 18.9 Å². The second-order valence-corrected chi connectivity index (χ2v) is 4.86. The Balaban J connectivity index is 1.80. The molecule has 1 atom stereocenters. The first-order valence-corrected chi connectivity index (χ1v) is 6.23. The smallest absolute Gasteiger partial charge is 0.223 e. The highest BCUT2D eigenvalue weighted by Crippen LogP contribution is 2.22. The number of nitrogens with zero attached hydrogens (tertiary/aromatic N) is 1. The summed E-state index contributed by atoms with van der Waals surface area (Å²) in [6.45, 7) is 5.22. The number of aromatic nitrogens is 1. The first kappa shape index (κ1) is 11.1. The molecule has 1 fully saturated rings. The van der Waals surface area contributed by atoms with E-state index in [0.717, 1.165) is 17.8 Å². The normalized spacial score (nSPS) is 19.7. The standard InChI is InChI=1S/C15H16N2O/c1-2-11-7-15(18)17(9-11)10-13-8-12-5-3-4-6-14(12)16-13/h2-6,8,11,16H,1,7,9-10H2. The summed E-state index contributed by atoms with van der Waals surface area (Å²) in [5, 5.41) is 1.19. The van der Waals surface area contributed by atoms with E-state index in [9.17, 15) is 4.79 Å². The average molecular weight is 240 g/mol. The van der Waals surface area contributed by atoms with Crippen LogP contribution in [-0.2, 0) is 11.3 Å². The largest absolute Gasteiger partial charge is 0.357 e. The highest BCUT2D eigenvalue weighted by atomic mass is 16.2. The maximum atomic E-state index is 11.8. The lowest BCUT2D eigenvalue weighted by Crippen LogP contribution is -2.24. The van der Waals surface area contributed by atoms with Crippen LogP contribution in [0, 0.1) is 5.92 Å². The summed E-state index contributed by atoms with van der Waals surface area (Å²) < 4.78 is 0. The van der Waals surface area contributed by atoms with Gasteiger partial charge in [-0.25, -0.2) is 0 Å². The van der Waals surface area contributed by atoms with Crippen LogP contribution in [-0.4, -0.2) is 22.3 Å². The molecule has 0 radical (unpaired) electrons. The molecule has 0 aliphatic carbocycles. The fourth-order valence-electron chi connectivity index (χ4n) is 2.54. The number of hydrogen-bond acceptors (Lipinski definition) is 1. The molecule has 1 aliphatic rings. The van der Waals surface area contributed by atoms with E-state index in [1.54, 1.807) is 0 Å². The van der Waals surface area contributed by atoms with Crippen LogP contribution in [0.15, 0.2) is 43.0 Å². The van der Waals surface area contributed by atoms with E-state index >= 15 is 0 Å². The molecule has 2 heterocycles. The van der Waals surface area contributed by atoms with Crippen LogP contribution in [0.5, 0.6) is 0 Å². The van der Waals surface area contributed by atoms with E-state index in [1.165, 1.54) is 5.39 Å². The predicted molar refractivity (Wildman–Crippen MR) is 72.0 cm³/mol. The van der Waals surface area contributed by atoms with Crippen LogP contribution in [0.25, 0.3) is 10.9 Å². The minimum absolute atomic E-state index is 0.221. The Hall–Kier alpha value is -2.03. The van der Waals surface area contributed by atoms with E-state index in [4.69, 9.17) is 0 Å². The van der Waals surface area contributed by atoms with Crippen LogP contribution in [0.2, 0.25) is 0 Å². The first-order chi connectivity index (χ1) is 8.76. The Kier molecular flexibility index (Phi) is 2.67. The molecule has 1 amide bonds. The zero-order chi connectivity index (χ0) is 12.5. The summed E-state index contributed by atoms with van der Waals surface area (Å²) >= 11 is 0. The van der Waals surface area contributed by atoms with Gasteiger partial charge in [0.25, 0.3) is 0 Å². The maximum absolute atomic E-state index is 11.8. The summed E-state index contributed by atoms with van der Waals surface area (Å²) in [7, 11) is 0. The van der Waals surface area contributed by atoms with Crippen LogP contribution >= 0.6 is 0 Å². The van der Waals surface area contributed by atoms with Crippen LogP contribution < -0.4 is 0 Å². The summed E-state index contributed by atoms with van der Waals surface area (Å²) in [5.41, 5.74) is 2.22. The summed E-state index contributed by atoms with van der Waals surface area (Å²) in [4.78, 5) is 17.1. The Labute approximate surface area is 106 Å². The number of aromatic amines is 1. The van der Waals surface area contributed by atoms with Gasteiger partial charge >= 0.3 is 0 Å². The van der Waals surface area contributed by atoms with Crippen molar-refractivity contribution >= 4 is 16.8 Å². The Morgan fingerprint density at radius 1 is 1.44 bits per heavy atom. The number of fused-ring (bicyclic) bond motifs is 1. The quantitative estimate of drug-likeness (QED) is 0.823. The predicted octanol–water partition coefficient (Wildman–Crippen LogP) is 2.70. The third kappa shape index (κ3) is 1.92. The highest BCUT2D eigenvalue weighted by Gasteiger charge is 2.27. The van der Waals surface area contributed by atoms with Gasteiger partial charge in [0.05, 0.1) is 6.54 Å². The molecule has 0 saturated carbocycles. The maximum Gasteiger partial charge on any atom is 0.223 e. The molecule has 3 heteroatoms. The second-order valence-electron chi connectivity index (χ2n) is 4.86. The minimum Gasteiger partial charge on any atom is -0.357 e. The van der Waals surface area contributed by atoms with Crippen molar-refractivity contribution in [3.63, 3.8) is 0 Å². The molecule has 18 heavy (non-hydrogen) atoms. The zero-order valence-electron chi connectivity index (χ0n) is 10.2. The number of rotatable bonds is 3. The van der Waals surface area contributed by atoms with Crippen molar-refractivity contribution in [1.29, 1.82) is 0 Å². The number of likely N-dealkylation sites (tertiary alicyclic amines) is 1. The van der Waals surface area contributed by atoms with E-state index in [-0.39, 0.29) is 5.91 Å². The lowest BCUT2D eigenvalue weighted by molar-refractivity contribution is -0.128. The Morgan fingerprint density at radius 3 is 3.00 bits per heavy atom. The van der Waals surface area contributed by atoms with E-state index in [1.807, 2.05) is 23.1 Å². The molecular formula is C15H16N2O. The van der Waals surface area contributed by atoms with E-state index in [2.05, 4.69) is 29.8 Å². The number of benzene rings is 1. The Bertz CT molecular complexity index is 566. The molecule has 1 aliphatic heterocycles. The lowest BCUT2D eigenvalue weighted by atomic mass is 10.1. The second kappa shape index (κ2) is 4.33. The third-order valence-electron chi connectivity index (χ3n) is 3.52. The van der Waals surface area contributed by atoms with Crippen molar-refractivity contribution in [1.82, 2.24) is 9.88 Å². The van der Waals surface area contributed by atoms with Crippen molar-refractivity contribution in [3.8, 4) is 0 Å². The molecule has 2 aromatic rings. The zero-order valence-corrected chi connectivity index (χ0v) is 10.2. The highest BCUT2D eigenvalue weighted by molar-refractivity contribution is 5.81. The first-order valence-electron chi connectivity index (χ1n) is 6.23. The lowest BCUT2D eigenvalue weighted by Gasteiger charge is -2.14. The molecule has 92 valence electrons. The third-order valence-corrected chi connectivity index (χ3v) is 3.52. The summed E-state index contributed by atoms with van der Waals surface area (Å²) in [6.07, 6.45) is 2.48. The van der Waals surface area contributed by atoms with Gasteiger partial charge in [0.15, 0.2) is 0 Å². The SMILES string of the molecule is C=CC1CC(=O)N(Cc2cc3ccccc3[nH]2)C1. The van der Waals surface area contributed by atoms with Gasteiger partial charge in [-0.05, 0) is 17.5 Å². The van der Waals surface area contributed by atoms with Crippen LogP contribution in [0.1, 0.15) is 12.1 Å². The molecule has 1 N–H and O–H groups in total. The van der Waals surface area contributed by atoms with Gasteiger partial charge in [-0.1, -0.05) is 24.3 Å². The fourth-order valence-corrected chi connectivity index (χ4v) is 2.54. The number of para-hydroxylation sites is 1. The monoisotopic (exact) mass is 240 g/mol. The molecule has 0 bridgehead atoms. The molecule has 1 aromatic heterocycles. The number of carbonyl (C=O) groups is 1. The number of H-pyrrole nitrogens is 1. The fraction of sp³-hybridized carbons (Fsp3) is 0.267. The van der Waals surface area contributed by atoms with E-state index < -0.39 is 0 Å². The van der Waals surface area contributed by atoms with Crippen LogP contribution in [0.3, 0.4) is 0 Å². The van der Waals surface area contributed by atoms with Gasteiger partial charge < -0.3 is 9.88 Å². The molecule has 3 nitrogen and oxygen atoms in total. The number of amides is 1. The minimum atomic E-state index is 0.221. The van der Waals surface area contributed by atoms with Crippen molar-refractivity contribution in [2.45, 2.75) is 13.0 Å². The van der Waals surface area contributed by atoms with Gasteiger partial charge in [-0.3, -0.25) is 4.79 Å². The van der Waals surface area contributed by atoms with Gasteiger partial charge in [0.2, 0.25) is 5.91 Å². The van der Waals surface area contributed by atoms with Gasteiger partial charge in [0, 0.05) is 30.1 Å². The van der Waals surface area contributed by atoms with Crippen molar-refractivity contribution in [3.05, 3.63) is 48.7 Å². The molecular weight excluding hydrogens is 224 g/mol. The topological polar surface area (TPSA) is 36.1 Å². The molecule has 0 spiro atoms.